The van der Waals surface area contributed by atoms with Gasteiger partial charge < -0.3 is 9.47 Å². The van der Waals surface area contributed by atoms with Gasteiger partial charge in [0, 0.05) is 0 Å². The maximum atomic E-state index is 5.66. The summed E-state index contributed by atoms with van der Waals surface area (Å²) in [5, 5.41) is 0. The van der Waals surface area contributed by atoms with E-state index in [0.29, 0.717) is 13.2 Å². The Kier molecular flexibility index (Phi) is 3.14. The van der Waals surface area contributed by atoms with Crippen LogP contribution in [0.4, 0.5) is 0 Å². The minimum atomic E-state index is 0.667. The van der Waals surface area contributed by atoms with Gasteiger partial charge in [-0.3, -0.25) is 0 Å². The summed E-state index contributed by atoms with van der Waals surface area (Å²) >= 11 is 0. The Labute approximate surface area is 91.2 Å². The molecule has 0 bridgehead atoms. The van der Waals surface area contributed by atoms with E-state index in [4.69, 9.17) is 9.47 Å². The average Bonchev–Trinajstić information content (AvgIpc) is 2.26. The van der Waals surface area contributed by atoms with Gasteiger partial charge >= 0.3 is 0 Å². The fraction of sp³-hybridized carbons (Fsp3) is 0.538. The van der Waals surface area contributed by atoms with E-state index in [9.17, 15) is 0 Å². The van der Waals surface area contributed by atoms with Gasteiger partial charge in [-0.2, -0.15) is 0 Å². The molecular formula is C13H18O2. The quantitative estimate of drug-likeness (QED) is 0.756. The van der Waals surface area contributed by atoms with Crippen LogP contribution in [0.25, 0.3) is 0 Å². The molecular weight excluding hydrogens is 188 g/mol. The molecule has 1 aliphatic heterocycles. The predicted molar refractivity (Wildman–Crippen MR) is 60.6 cm³/mol. The van der Waals surface area contributed by atoms with Gasteiger partial charge in [0.05, 0.1) is 0 Å². The molecule has 0 saturated carbocycles. The van der Waals surface area contributed by atoms with Crippen molar-refractivity contribution in [3.05, 3.63) is 23.8 Å². The van der Waals surface area contributed by atoms with Gasteiger partial charge in [0.1, 0.15) is 13.2 Å². The molecule has 1 aliphatic rings. The molecule has 0 atom stereocenters. The van der Waals surface area contributed by atoms with E-state index in [2.05, 4.69) is 19.9 Å². The molecule has 0 aliphatic carbocycles. The van der Waals surface area contributed by atoms with Gasteiger partial charge in [0.15, 0.2) is 11.5 Å². The maximum Gasteiger partial charge on any atom is 0.164 e. The molecule has 0 radical (unpaired) electrons. The highest BCUT2D eigenvalue weighted by Gasteiger charge is 2.15. The zero-order chi connectivity index (χ0) is 10.7. The first-order chi connectivity index (χ1) is 7.27. The molecule has 2 rings (SSSR count). The SMILES string of the molecule is CC(C)CCc1cccc2c1OCCO2. The number of fused-ring (bicyclic) bond motifs is 1. The minimum absolute atomic E-state index is 0.667. The van der Waals surface area contributed by atoms with E-state index in [-0.39, 0.29) is 0 Å². The zero-order valence-corrected chi connectivity index (χ0v) is 9.45. The van der Waals surface area contributed by atoms with Crippen LogP contribution in [0.3, 0.4) is 0 Å². The van der Waals surface area contributed by atoms with Crippen LogP contribution in [0.5, 0.6) is 11.5 Å². The highest BCUT2D eigenvalue weighted by atomic mass is 16.6. The van der Waals surface area contributed by atoms with E-state index < -0.39 is 0 Å². The Morgan fingerprint density at radius 1 is 1.20 bits per heavy atom. The third-order valence-electron chi connectivity index (χ3n) is 2.64. The summed E-state index contributed by atoms with van der Waals surface area (Å²) in [5.74, 6) is 2.59. The molecule has 1 aromatic carbocycles. The lowest BCUT2D eigenvalue weighted by molar-refractivity contribution is 0.169. The van der Waals surface area contributed by atoms with E-state index in [1.54, 1.807) is 0 Å². The van der Waals surface area contributed by atoms with Crippen LogP contribution >= 0.6 is 0 Å². The first kappa shape index (κ1) is 10.3. The van der Waals surface area contributed by atoms with E-state index in [1.807, 2.05) is 12.1 Å². The predicted octanol–water partition coefficient (Wildman–Crippen LogP) is 3.05. The zero-order valence-electron chi connectivity index (χ0n) is 9.45. The molecule has 0 aromatic heterocycles. The first-order valence-electron chi connectivity index (χ1n) is 5.65. The minimum Gasteiger partial charge on any atom is -0.486 e. The number of benzene rings is 1. The van der Waals surface area contributed by atoms with Gasteiger partial charge in [-0.25, -0.2) is 0 Å². The Hall–Kier alpha value is -1.18. The Bertz CT molecular complexity index is 331. The van der Waals surface area contributed by atoms with Crippen LogP contribution in [0.15, 0.2) is 18.2 Å². The first-order valence-corrected chi connectivity index (χ1v) is 5.65. The van der Waals surface area contributed by atoms with E-state index >= 15 is 0 Å². The third kappa shape index (κ3) is 2.44. The van der Waals surface area contributed by atoms with Crippen molar-refractivity contribution in [2.24, 2.45) is 5.92 Å². The molecule has 0 amide bonds. The number of rotatable bonds is 3. The van der Waals surface area contributed by atoms with E-state index in [0.717, 1.165) is 23.8 Å². The van der Waals surface area contributed by atoms with Gasteiger partial charge in [0.2, 0.25) is 0 Å². The highest BCUT2D eigenvalue weighted by Crippen LogP contribution is 2.34. The molecule has 0 saturated heterocycles. The van der Waals surface area contributed by atoms with Gasteiger partial charge in [-0.05, 0) is 30.4 Å². The summed E-state index contributed by atoms with van der Waals surface area (Å²) in [6.07, 6.45) is 2.27. The number of hydrogen-bond acceptors (Lipinski definition) is 2. The maximum absolute atomic E-state index is 5.66. The standard InChI is InChI=1S/C13H18O2/c1-10(2)6-7-11-4-3-5-12-13(11)15-9-8-14-12/h3-5,10H,6-9H2,1-2H3. The summed E-state index contributed by atoms with van der Waals surface area (Å²) < 4.78 is 11.2. The van der Waals surface area contributed by atoms with Crippen molar-refractivity contribution in [2.75, 3.05) is 13.2 Å². The highest BCUT2D eigenvalue weighted by molar-refractivity contribution is 5.47. The molecule has 1 aromatic rings. The van der Waals surface area contributed by atoms with Crippen molar-refractivity contribution in [1.29, 1.82) is 0 Å². The Balaban J connectivity index is 2.16. The summed E-state index contributed by atoms with van der Waals surface area (Å²) in [7, 11) is 0. The number of hydrogen-bond donors (Lipinski definition) is 0. The number of ether oxygens (including phenoxy) is 2. The molecule has 0 fully saturated rings. The van der Waals surface area contributed by atoms with E-state index in [1.165, 1.54) is 12.0 Å². The Morgan fingerprint density at radius 2 is 2.00 bits per heavy atom. The fourth-order valence-corrected chi connectivity index (χ4v) is 1.78. The fourth-order valence-electron chi connectivity index (χ4n) is 1.78. The number of para-hydroxylation sites is 1. The van der Waals surface area contributed by atoms with Crippen molar-refractivity contribution in [1.82, 2.24) is 0 Å². The largest absolute Gasteiger partial charge is 0.486 e. The molecule has 82 valence electrons. The lowest BCUT2D eigenvalue weighted by Crippen LogP contribution is -2.16. The van der Waals surface area contributed by atoms with Crippen molar-refractivity contribution >= 4 is 0 Å². The van der Waals surface area contributed by atoms with Crippen molar-refractivity contribution in [3.8, 4) is 11.5 Å². The molecule has 0 N–H and O–H groups in total. The summed E-state index contributed by atoms with van der Waals surface area (Å²) in [5.41, 5.74) is 1.28. The van der Waals surface area contributed by atoms with Crippen molar-refractivity contribution < 1.29 is 9.47 Å². The van der Waals surface area contributed by atoms with Crippen LogP contribution in [-0.2, 0) is 6.42 Å². The second-order valence-corrected chi connectivity index (χ2v) is 4.37. The van der Waals surface area contributed by atoms with Gasteiger partial charge in [-0.15, -0.1) is 0 Å². The Morgan fingerprint density at radius 3 is 2.80 bits per heavy atom. The lowest BCUT2D eigenvalue weighted by Gasteiger charge is -2.21. The second kappa shape index (κ2) is 4.56. The average molecular weight is 206 g/mol. The lowest BCUT2D eigenvalue weighted by atomic mass is 10.0. The summed E-state index contributed by atoms with van der Waals surface area (Å²) in [6.45, 7) is 5.83. The van der Waals surface area contributed by atoms with Crippen LogP contribution in [0.2, 0.25) is 0 Å². The van der Waals surface area contributed by atoms with Gasteiger partial charge in [-0.1, -0.05) is 26.0 Å². The summed E-state index contributed by atoms with van der Waals surface area (Å²) in [4.78, 5) is 0. The molecule has 0 spiro atoms. The topological polar surface area (TPSA) is 18.5 Å². The smallest absolute Gasteiger partial charge is 0.164 e. The van der Waals surface area contributed by atoms with Gasteiger partial charge in [0.25, 0.3) is 0 Å². The second-order valence-electron chi connectivity index (χ2n) is 4.37. The normalized spacial score (nSPS) is 14.3. The molecule has 2 nitrogen and oxygen atoms in total. The number of aryl methyl sites for hydroxylation is 1. The molecule has 15 heavy (non-hydrogen) atoms. The van der Waals surface area contributed by atoms with Crippen LogP contribution in [-0.4, -0.2) is 13.2 Å². The monoisotopic (exact) mass is 206 g/mol. The summed E-state index contributed by atoms with van der Waals surface area (Å²) in [6, 6.07) is 6.16. The molecule has 1 heterocycles. The third-order valence-corrected chi connectivity index (χ3v) is 2.64. The van der Waals surface area contributed by atoms with Crippen molar-refractivity contribution in [2.45, 2.75) is 26.7 Å². The van der Waals surface area contributed by atoms with Crippen LogP contribution < -0.4 is 9.47 Å². The molecule has 0 unspecified atom stereocenters. The molecule has 2 heteroatoms. The van der Waals surface area contributed by atoms with Crippen molar-refractivity contribution in [3.63, 3.8) is 0 Å². The van der Waals surface area contributed by atoms with Crippen LogP contribution in [0.1, 0.15) is 25.8 Å². The van der Waals surface area contributed by atoms with Crippen LogP contribution in [0, 0.1) is 5.92 Å².